The number of nitrogens with zero attached hydrogens (tertiary/aromatic N) is 4. The zero-order valence-electron chi connectivity index (χ0n) is 16.5. The highest BCUT2D eigenvalue weighted by molar-refractivity contribution is 6.04. The van der Waals surface area contributed by atoms with Gasteiger partial charge in [0.25, 0.3) is 11.5 Å². The van der Waals surface area contributed by atoms with Gasteiger partial charge in [-0.25, -0.2) is 9.50 Å². The molecule has 0 unspecified atom stereocenters. The van der Waals surface area contributed by atoms with Crippen molar-refractivity contribution in [3.63, 3.8) is 0 Å². The van der Waals surface area contributed by atoms with E-state index in [4.69, 9.17) is 4.98 Å². The quantitative estimate of drug-likeness (QED) is 0.467. The number of hydrogen-bond donors (Lipinski definition) is 2. The first kappa shape index (κ1) is 17.6. The van der Waals surface area contributed by atoms with Gasteiger partial charge < -0.3 is 4.90 Å². The van der Waals surface area contributed by atoms with Gasteiger partial charge in [0, 0.05) is 24.4 Å². The Morgan fingerprint density at radius 1 is 1.03 bits per heavy atom. The number of para-hydroxylation sites is 1. The maximum atomic E-state index is 13.2. The Hall–Kier alpha value is -4.20. The molecule has 5 aromatic rings. The lowest BCUT2D eigenvalue weighted by Crippen LogP contribution is -2.40. The maximum Gasteiger partial charge on any atom is 0.277 e. The van der Waals surface area contributed by atoms with E-state index in [0.717, 1.165) is 27.9 Å². The number of carbonyl (C=O) groups excluding carboxylic acids is 1. The number of benzene rings is 2. The van der Waals surface area contributed by atoms with Crippen molar-refractivity contribution in [3.05, 3.63) is 88.0 Å². The fourth-order valence-corrected chi connectivity index (χ4v) is 4.20. The molecule has 1 aliphatic rings. The Morgan fingerprint density at radius 3 is 2.71 bits per heavy atom. The molecule has 0 saturated carbocycles. The zero-order chi connectivity index (χ0) is 20.9. The number of H-pyrrole nitrogens is 2. The number of rotatable bonds is 2. The molecule has 8 heteroatoms. The van der Waals surface area contributed by atoms with Crippen LogP contribution >= 0.6 is 0 Å². The van der Waals surface area contributed by atoms with Gasteiger partial charge in [-0.15, -0.1) is 0 Å². The normalized spacial score (nSPS) is 13.6. The molecule has 0 radical (unpaired) electrons. The summed E-state index contributed by atoms with van der Waals surface area (Å²) in [7, 11) is 0. The van der Waals surface area contributed by atoms with Gasteiger partial charge in [-0.05, 0) is 11.6 Å². The molecule has 2 N–H and O–H groups in total. The van der Waals surface area contributed by atoms with Crippen LogP contribution in [-0.2, 0) is 13.0 Å². The van der Waals surface area contributed by atoms with Gasteiger partial charge in [0.15, 0.2) is 11.3 Å². The van der Waals surface area contributed by atoms with Crippen molar-refractivity contribution in [1.29, 1.82) is 0 Å². The largest absolute Gasteiger partial charge is 0.332 e. The highest BCUT2D eigenvalue weighted by atomic mass is 16.2. The summed E-state index contributed by atoms with van der Waals surface area (Å²) in [5.74, 6) is -0.191. The van der Waals surface area contributed by atoms with Gasteiger partial charge in [0.2, 0.25) is 0 Å². The number of aromatic amines is 2. The van der Waals surface area contributed by atoms with Crippen molar-refractivity contribution in [2.24, 2.45) is 0 Å². The molecule has 0 atom stereocenters. The summed E-state index contributed by atoms with van der Waals surface area (Å²) in [5.41, 5.74) is 4.69. The van der Waals surface area contributed by atoms with Crippen molar-refractivity contribution in [2.45, 2.75) is 13.0 Å². The Labute approximate surface area is 176 Å². The number of amides is 1. The standard InChI is InChI=1S/C23H18N6O2/c30-22-16-13-28(23(31)21-15-8-4-5-9-18(15)25-26-21)11-10-17(16)24-20-12-19(27-29(20)22)14-6-2-1-3-7-14/h1-9,12,27H,10-11,13H2,(H,25,26). The first-order chi connectivity index (χ1) is 15.2. The third-order valence-corrected chi connectivity index (χ3v) is 5.81. The van der Waals surface area contributed by atoms with Crippen LogP contribution in [0.1, 0.15) is 21.7 Å². The predicted molar refractivity (Wildman–Crippen MR) is 116 cm³/mol. The van der Waals surface area contributed by atoms with E-state index in [1.165, 1.54) is 4.52 Å². The average Bonchev–Trinajstić information content (AvgIpc) is 3.44. The Kier molecular flexibility index (Phi) is 3.79. The fourth-order valence-electron chi connectivity index (χ4n) is 4.20. The lowest BCUT2D eigenvalue weighted by molar-refractivity contribution is 0.0728. The molecule has 0 fully saturated rings. The third-order valence-electron chi connectivity index (χ3n) is 5.81. The first-order valence-corrected chi connectivity index (χ1v) is 10.1. The van der Waals surface area contributed by atoms with E-state index < -0.39 is 0 Å². The lowest BCUT2D eigenvalue weighted by atomic mass is 10.1. The van der Waals surface area contributed by atoms with E-state index in [-0.39, 0.29) is 18.0 Å². The molecule has 0 bridgehead atoms. The Balaban J connectivity index is 1.38. The molecule has 3 aromatic heterocycles. The summed E-state index contributed by atoms with van der Waals surface area (Å²) in [6.07, 6.45) is 0.529. The van der Waals surface area contributed by atoms with Crippen LogP contribution in [0.2, 0.25) is 0 Å². The van der Waals surface area contributed by atoms with Gasteiger partial charge in [-0.2, -0.15) is 5.10 Å². The minimum absolute atomic E-state index is 0.174. The molecule has 0 saturated heterocycles. The molecule has 0 spiro atoms. The molecule has 4 heterocycles. The monoisotopic (exact) mass is 410 g/mol. The molecule has 2 aromatic carbocycles. The van der Waals surface area contributed by atoms with Gasteiger partial charge in [-0.3, -0.25) is 19.8 Å². The number of nitrogens with one attached hydrogen (secondary N) is 2. The van der Waals surface area contributed by atoms with Crippen molar-refractivity contribution >= 4 is 22.5 Å². The smallest absolute Gasteiger partial charge is 0.277 e. The van der Waals surface area contributed by atoms with E-state index >= 15 is 0 Å². The van der Waals surface area contributed by atoms with Crippen molar-refractivity contribution < 1.29 is 4.79 Å². The predicted octanol–water partition coefficient (Wildman–Crippen LogP) is 2.76. The maximum absolute atomic E-state index is 13.2. The number of carbonyl (C=O) groups is 1. The average molecular weight is 410 g/mol. The van der Waals surface area contributed by atoms with Crippen LogP contribution in [0.25, 0.3) is 27.8 Å². The van der Waals surface area contributed by atoms with E-state index in [1.54, 1.807) is 4.90 Å². The van der Waals surface area contributed by atoms with Gasteiger partial charge in [0.05, 0.1) is 29.0 Å². The second-order valence-corrected chi connectivity index (χ2v) is 7.67. The molecule has 1 amide bonds. The topological polar surface area (TPSA) is 99.2 Å². The second kappa shape index (κ2) is 6.66. The van der Waals surface area contributed by atoms with Gasteiger partial charge in [0.1, 0.15) is 0 Å². The van der Waals surface area contributed by atoms with Crippen LogP contribution in [0.15, 0.2) is 65.5 Å². The molecular formula is C23H18N6O2. The lowest BCUT2D eigenvalue weighted by Gasteiger charge is -2.27. The summed E-state index contributed by atoms with van der Waals surface area (Å²) < 4.78 is 1.46. The number of hydrogen-bond acceptors (Lipinski definition) is 4. The highest BCUT2D eigenvalue weighted by Gasteiger charge is 2.28. The summed E-state index contributed by atoms with van der Waals surface area (Å²) in [6.45, 7) is 0.704. The summed E-state index contributed by atoms with van der Waals surface area (Å²) in [6, 6.07) is 19.2. The summed E-state index contributed by atoms with van der Waals surface area (Å²) >= 11 is 0. The molecular weight excluding hydrogens is 392 g/mol. The minimum atomic E-state index is -0.191. The van der Waals surface area contributed by atoms with E-state index in [1.807, 2.05) is 60.7 Å². The first-order valence-electron chi connectivity index (χ1n) is 10.1. The molecule has 1 aliphatic heterocycles. The van der Waals surface area contributed by atoms with Gasteiger partial charge >= 0.3 is 0 Å². The second-order valence-electron chi connectivity index (χ2n) is 7.67. The minimum Gasteiger partial charge on any atom is -0.332 e. The SMILES string of the molecule is O=C(c1n[nH]c2ccccc12)N1CCc2nc3cc(-c4ccccc4)[nH]n3c(=O)c2C1. The van der Waals surface area contributed by atoms with Crippen LogP contribution in [0.4, 0.5) is 0 Å². The molecule has 6 rings (SSSR count). The summed E-state index contributed by atoms with van der Waals surface area (Å²) in [5, 5.41) is 11.0. The van der Waals surface area contributed by atoms with Crippen LogP contribution in [-0.4, -0.2) is 42.1 Å². The van der Waals surface area contributed by atoms with E-state index in [2.05, 4.69) is 15.3 Å². The van der Waals surface area contributed by atoms with Crippen LogP contribution in [0.5, 0.6) is 0 Å². The fraction of sp³-hybridized carbons (Fsp3) is 0.130. The molecule has 0 aliphatic carbocycles. The molecule has 8 nitrogen and oxygen atoms in total. The van der Waals surface area contributed by atoms with Crippen LogP contribution in [0, 0.1) is 0 Å². The zero-order valence-corrected chi connectivity index (χ0v) is 16.5. The number of fused-ring (bicyclic) bond motifs is 3. The van der Waals surface area contributed by atoms with E-state index in [0.29, 0.717) is 29.9 Å². The summed E-state index contributed by atoms with van der Waals surface area (Å²) in [4.78, 5) is 32.7. The van der Waals surface area contributed by atoms with Crippen molar-refractivity contribution in [2.75, 3.05) is 6.54 Å². The van der Waals surface area contributed by atoms with Crippen LogP contribution < -0.4 is 5.56 Å². The van der Waals surface area contributed by atoms with Crippen molar-refractivity contribution in [1.82, 2.24) is 29.7 Å². The Morgan fingerprint density at radius 2 is 1.84 bits per heavy atom. The third kappa shape index (κ3) is 2.76. The molecule has 31 heavy (non-hydrogen) atoms. The van der Waals surface area contributed by atoms with Gasteiger partial charge in [-0.1, -0.05) is 48.5 Å². The highest BCUT2D eigenvalue weighted by Crippen LogP contribution is 2.23. The Bertz CT molecular complexity index is 1510. The number of aromatic nitrogens is 5. The van der Waals surface area contributed by atoms with Crippen molar-refractivity contribution in [3.8, 4) is 11.3 Å². The molecule has 152 valence electrons. The van der Waals surface area contributed by atoms with E-state index in [9.17, 15) is 9.59 Å². The van der Waals surface area contributed by atoms with Crippen LogP contribution in [0.3, 0.4) is 0 Å².